The fourth-order valence-electron chi connectivity index (χ4n) is 0.883. The molecule has 1 aromatic rings. The first-order valence-corrected chi connectivity index (χ1v) is 3.39. The molecule has 0 bridgehead atoms. The molecule has 0 fully saturated rings. The van der Waals surface area contributed by atoms with Crippen molar-refractivity contribution in [3.63, 3.8) is 0 Å². The number of alkyl halides is 3. The summed E-state index contributed by atoms with van der Waals surface area (Å²) in [4.78, 5) is 3.60. The molecule has 0 aliphatic rings. The van der Waals surface area contributed by atoms with Crippen molar-refractivity contribution in [2.24, 2.45) is 0 Å². The van der Waals surface area contributed by atoms with Crippen molar-refractivity contribution in [1.82, 2.24) is 4.98 Å². The Balaban J connectivity index is 3.35. The second-order valence-corrected chi connectivity index (χ2v) is 2.48. The van der Waals surface area contributed by atoms with Crippen LogP contribution >= 0.6 is 0 Å². The number of nitrogens with zero attached hydrogens (tertiary/aromatic N) is 2. The Bertz CT molecular complexity index is 363. The number of rotatable bonds is 0. The highest BCUT2D eigenvalue weighted by Gasteiger charge is 2.33. The SMILES string of the molecule is Cc1cc(C(F)(F)F)c(C#N)cn1. The zero-order valence-electron chi connectivity index (χ0n) is 6.68. The summed E-state index contributed by atoms with van der Waals surface area (Å²) in [6.45, 7) is 1.44. The average Bonchev–Trinajstić information content (AvgIpc) is 2.03. The average molecular weight is 186 g/mol. The van der Waals surface area contributed by atoms with Gasteiger partial charge in [-0.05, 0) is 13.0 Å². The van der Waals surface area contributed by atoms with E-state index in [4.69, 9.17) is 5.26 Å². The van der Waals surface area contributed by atoms with E-state index in [1.165, 1.54) is 13.0 Å². The molecule has 0 aliphatic carbocycles. The third-order valence-electron chi connectivity index (χ3n) is 1.47. The summed E-state index contributed by atoms with van der Waals surface area (Å²) in [6.07, 6.45) is -3.56. The molecule has 0 aliphatic heterocycles. The summed E-state index contributed by atoms with van der Waals surface area (Å²) in [5.74, 6) is 0. The minimum Gasteiger partial charge on any atom is -0.260 e. The molecule has 13 heavy (non-hydrogen) atoms. The summed E-state index contributed by atoms with van der Waals surface area (Å²) < 4.78 is 36.7. The Morgan fingerprint density at radius 2 is 2.08 bits per heavy atom. The smallest absolute Gasteiger partial charge is 0.260 e. The van der Waals surface area contributed by atoms with E-state index in [-0.39, 0.29) is 5.69 Å². The summed E-state index contributed by atoms with van der Waals surface area (Å²) in [5, 5.41) is 8.38. The van der Waals surface area contributed by atoms with Gasteiger partial charge in [0.05, 0.1) is 11.1 Å². The largest absolute Gasteiger partial charge is 0.417 e. The Kier molecular flexibility index (Phi) is 2.24. The van der Waals surface area contributed by atoms with Gasteiger partial charge in [0.2, 0.25) is 0 Å². The quantitative estimate of drug-likeness (QED) is 0.623. The third kappa shape index (κ3) is 1.96. The fourth-order valence-corrected chi connectivity index (χ4v) is 0.883. The number of pyridine rings is 1. The second-order valence-electron chi connectivity index (χ2n) is 2.48. The highest BCUT2D eigenvalue weighted by atomic mass is 19.4. The van der Waals surface area contributed by atoms with Gasteiger partial charge in [0.15, 0.2) is 0 Å². The minimum atomic E-state index is -4.49. The lowest BCUT2D eigenvalue weighted by Gasteiger charge is -2.08. The van der Waals surface area contributed by atoms with Crippen LogP contribution in [0.4, 0.5) is 13.2 Å². The van der Waals surface area contributed by atoms with Crippen LogP contribution in [0.2, 0.25) is 0 Å². The van der Waals surface area contributed by atoms with E-state index in [1.54, 1.807) is 0 Å². The van der Waals surface area contributed by atoms with Crippen LogP contribution in [0.25, 0.3) is 0 Å². The molecule has 0 N–H and O–H groups in total. The minimum absolute atomic E-state index is 0.242. The van der Waals surface area contributed by atoms with E-state index in [0.717, 1.165) is 12.3 Å². The zero-order chi connectivity index (χ0) is 10.1. The lowest BCUT2D eigenvalue weighted by Crippen LogP contribution is -2.08. The highest BCUT2D eigenvalue weighted by Crippen LogP contribution is 2.31. The van der Waals surface area contributed by atoms with Crippen LogP contribution in [0.3, 0.4) is 0 Å². The molecular weight excluding hydrogens is 181 g/mol. The van der Waals surface area contributed by atoms with Gasteiger partial charge < -0.3 is 0 Å². The topological polar surface area (TPSA) is 36.7 Å². The second kappa shape index (κ2) is 3.05. The number of nitriles is 1. The predicted molar refractivity (Wildman–Crippen MR) is 38.7 cm³/mol. The maximum absolute atomic E-state index is 12.2. The van der Waals surface area contributed by atoms with Crippen molar-refractivity contribution in [1.29, 1.82) is 5.26 Å². The third-order valence-corrected chi connectivity index (χ3v) is 1.47. The molecule has 5 heteroatoms. The van der Waals surface area contributed by atoms with E-state index >= 15 is 0 Å². The predicted octanol–water partition coefficient (Wildman–Crippen LogP) is 2.28. The van der Waals surface area contributed by atoms with Gasteiger partial charge in [-0.25, -0.2) is 0 Å². The molecule has 2 nitrogen and oxygen atoms in total. The zero-order valence-corrected chi connectivity index (χ0v) is 6.68. The molecule has 1 aromatic heterocycles. The molecule has 1 heterocycles. The molecule has 68 valence electrons. The molecule has 0 unspecified atom stereocenters. The van der Waals surface area contributed by atoms with E-state index in [1.807, 2.05) is 0 Å². The molecule has 1 rings (SSSR count). The standard InChI is InChI=1S/C8H5F3N2/c1-5-2-7(8(9,10)11)6(3-12)4-13-5/h2,4H,1H3. The summed E-state index contributed by atoms with van der Waals surface area (Å²) in [7, 11) is 0. The molecule has 0 atom stereocenters. The number of aryl methyl sites for hydroxylation is 1. The van der Waals surface area contributed by atoms with Crippen LogP contribution in [0.1, 0.15) is 16.8 Å². The van der Waals surface area contributed by atoms with Crippen molar-refractivity contribution in [3.05, 3.63) is 29.1 Å². The van der Waals surface area contributed by atoms with Gasteiger partial charge in [0.25, 0.3) is 0 Å². The highest BCUT2D eigenvalue weighted by molar-refractivity contribution is 5.38. The van der Waals surface area contributed by atoms with Crippen LogP contribution in [0, 0.1) is 18.3 Å². The van der Waals surface area contributed by atoms with Crippen molar-refractivity contribution in [3.8, 4) is 6.07 Å². The first kappa shape index (κ1) is 9.52. The Morgan fingerprint density at radius 3 is 2.54 bits per heavy atom. The van der Waals surface area contributed by atoms with Crippen molar-refractivity contribution >= 4 is 0 Å². The molecule has 0 radical (unpaired) electrons. The lowest BCUT2D eigenvalue weighted by molar-refractivity contribution is -0.137. The molecule has 0 amide bonds. The molecule has 0 saturated carbocycles. The Morgan fingerprint density at radius 1 is 1.46 bits per heavy atom. The van der Waals surface area contributed by atoms with Gasteiger partial charge in [-0.2, -0.15) is 18.4 Å². The van der Waals surface area contributed by atoms with Gasteiger partial charge in [-0.15, -0.1) is 0 Å². The van der Waals surface area contributed by atoms with E-state index < -0.39 is 17.3 Å². The molecular formula is C8H5F3N2. The monoisotopic (exact) mass is 186 g/mol. The number of halogens is 3. The van der Waals surface area contributed by atoms with Crippen LogP contribution < -0.4 is 0 Å². The molecule has 0 aromatic carbocycles. The van der Waals surface area contributed by atoms with Crippen LogP contribution in [-0.4, -0.2) is 4.98 Å². The van der Waals surface area contributed by atoms with E-state index in [0.29, 0.717) is 0 Å². The van der Waals surface area contributed by atoms with Gasteiger partial charge in [0.1, 0.15) is 6.07 Å². The van der Waals surface area contributed by atoms with Gasteiger partial charge in [-0.1, -0.05) is 0 Å². The van der Waals surface area contributed by atoms with Gasteiger partial charge >= 0.3 is 6.18 Å². The van der Waals surface area contributed by atoms with Crippen LogP contribution in [0.15, 0.2) is 12.3 Å². The van der Waals surface area contributed by atoms with Crippen molar-refractivity contribution in [2.45, 2.75) is 13.1 Å². The Hall–Kier alpha value is -1.57. The van der Waals surface area contributed by atoms with E-state index in [9.17, 15) is 13.2 Å². The normalized spacial score (nSPS) is 11.0. The Labute approximate surface area is 72.6 Å². The molecule has 0 spiro atoms. The van der Waals surface area contributed by atoms with Gasteiger partial charge in [0, 0.05) is 11.9 Å². The summed E-state index contributed by atoms with van der Waals surface area (Å²) in [5.41, 5.74) is -1.13. The van der Waals surface area contributed by atoms with Crippen LogP contribution in [-0.2, 0) is 6.18 Å². The summed E-state index contributed by atoms with van der Waals surface area (Å²) >= 11 is 0. The van der Waals surface area contributed by atoms with Crippen LogP contribution in [0.5, 0.6) is 0 Å². The lowest BCUT2D eigenvalue weighted by atomic mass is 10.1. The number of hydrogen-bond acceptors (Lipinski definition) is 2. The first-order chi connectivity index (χ1) is 5.95. The first-order valence-electron chi connectivity index (χ1n) is 3.39. The maximum atomic E-state index is 12.2. The summed E-state index contributed by atoms with van der Waals surface area (Å²) in [6, 6.07) is 2.31. The van der Waals surface area contributed by atoms with E-state index in [2.05, 4.69) is 4.98 Å². The molecule has 0 saturated heterocycles. The fraction of sp³-hybridized carbons (Fsp3) is 0.250. The maximum Gasteiger partial charge on any atom is 0.417 e. The van der Waals surface area contributed by atoms with Gasteiger partial charge in [-0.3, -0.25) is 4.98 Å². The van der Waals surface area contributed by atoms with Crippen molar-refractivity contribution < 1.29 is 13.2 Å². The number of aromatic nitrogens is 1. The van der Waals surface area contributed by atoms with Crippen molar-refractivity contribution in [2.75, 3.05) is 0 Å². The number of hydrogen-bond donors (Lipinski definition) is 0.